The van der Waals surface area contributed by atoms with Crippen LogP contribution in [0.2, 0.25) is 0 Å². The van der Waals surface area contributed by atoms with E-state index in [1.807, 2.05) is 4.90 Å². The van der Waals surface area contributed by atoms with Crippen molar-refractivity contribution >= 4 is 5.69 Å². The third-order valence-corrected chi connectivity index (χ3v) is 8.87. The Morgan fingerprint density at radius 2 is 1.71 bits per heavy atom. The van der Waals surface area contributed by atoms with E-state index in [1.165, 1.54) is 30.5 Å². The molecule has 16 heteroatoms. The van der Waals surface area contributed by atoms with E-state index in [-0.39, 0.29) is 31.2 Å². The number of nitro benzene ring substituents is 1. The molecule has 0 aliphatic carbocycles. The van der Waals surface area contributed by atoms with E-state index in [2.05, 4.69) is 0 Å². The van der Waals surface area contributed by atoms with Gasteiger partial charge in [-0.2, -0.15) is 26.3 Å². The zero-order valence-electron chi connectivity index (χ0n) is 25.2. The minimum absolute atomic E-state index is 0.00912. The van der Waals surface area contributed by atoms with Crippen LogP contribution in [0.5, 0.6) is 0 Å². The quantitative estimate of drug-likeness (QED) is 0.155. The molecule has 4 heterocycles. The molecule has 48 heavy (non-hydrogen) atoms. The van der Waals surface area contributed by atoms with Gasteiger partial charge in [-0.25, -0.2) is 4.39 Å². The lowest BCUT2D eigenvalue weighted by molar-refractivity contribution is -0.384. The second-order valence-electron chi connectivity index (χ2n) is 12.0. The molecule has 3 aliphatic rings. The molecular weight excluding hydrogens is 651 g/mol. The molecule has 2 aromatic carbocycles. The fraction of sp³-hybridized carbons (Fsp3) is 0.375. The van der Waals surface area contributed by atoms with Gasteiger partial charge in [-0.1, -0.05) is 18.2 Å². The minimum atomic E-state index is -4.81. The Morgan fingerprint density at radius 1 is 0.979 bits per heavy atom. The Bertz CT molecular complexity index is 1740. The first-order valence-corrected chi connectivity index (χ1v) is 15.0. The number of benzene rings is 2. The molecule has 1 spiro atoms. The number of rotatable bonds is 8. The first kappa shape index (κ1) is 33.3. The van der Waals surface area contributed by atoms with Gasteiger partial charge >= 0.3 is 12.4 Å². The Morgan fingerprint density at radius 3 is 2.38 bits per heavy atom. The highest BCUT2D eigenvalue weighted by Gasteiger charge is 2.48. The van der Waals surface area contributed by atoms with Crippen molar-refractivity contribution in [1.29, 1.82) is 0 Å². The molecule has 0 saturated carbocycles. The van der Waals surface area contributed by atoms with E-state index in [1.54, 1.807) is 22.1 Å². The maximum Gasteiger partial charge on any atom is 0.449 e. The third-order valence-electron chi connectivity index (χ3n) is 8.87. The summed E-state index contributed by atoms with van der Waals surface area (Å²) in [6.07, 6.45) is -5.38. The summed E-state index contributed by atoms with van der Waals surface area (Å²) < 4.78 is 107. The fourth-order valence-electron chi connectivity index (χ4n) is 6.42. The van der Waals surface area contributed by atoms with Crippen molar-refractivity contribution in [2.75, 3.05) is 26.3 Å². The number of hydrogen-bond acceptors (Lipinski definition) is 8. The number of alkyl halides is 6. The molecule has 2 N–H and O–H groups in total. The molecule has 0 amide bonds. The van der Waals surface area contributed by atoms with Gasteiger partial charge in [0.2, 0.25) is 5.76 Å². The van der Waals surface area contributed by atoms with Crippen LogP contribution < -0.4 is 5.73 Å². The molecule has 256 valence electrons. The van der Waals surface area contributed by atoms with E-state index >= 15 is 0 Å². The Labute approximate surface area is 269 Å². The normalized spacial score (nSPS) is 18.8. The average Bonchev–Trinajstić information content (AvgIpc) is 3.64. The number of nitro groups is 1. The lowest BCUT2D eigenvalue weighted by Crippen LogP contribution is -2.49. The number of nitrogens with two attached hydrogens (primary N) is 1. The number of fused-ring (bicyclic) bond motifs is 2. The largest absolute Gasteiger partial charge is 0.488 e. The number of ether oxygens (including phenoxy) is 1. The van der Waals surface area contributed by atoms with Gasteiger partial charge in [0.05, 0.1) is 29.4 Å². The second kappa shape index (κ2) is 12.5. The summed E-state index contributed by atoms with van der Waals surface area (Å²) in [5.41, 5.74) is 5.35. The summed E-state index contributed by atoms with van der Waals surface area (Å²) >= 11 is 0. The highest BCUT2D eigenvalue weighted by molar-refractivity contribution is 5.44. The average molecular weight is 682 g/mol. The van der Waals surface area contributed by atoms with Crippen LogP contribution in [0.4, 0.5) is 36.4 Å². The van der Waals surface area contributed by atoms with Crippen molar-refractivity contribution in [2.45, 2.75) is 49.9 Å². The molecule has 3 aromatic rings. The molecule has 9 nitrogen and oxygen atoms in total. The molecule has 0 bridgehead atoms. The summed E-state index contributed by atoms with van der Waals surface area (Å²) in [6.45, 7) is 0.613. The number of non-ortho nitro benzene ring substituents is 1. The Balaban J connectivity index is 1.26. The summed E-state index contributed by atoms with van der Waals surface area (Å²) in [6, 6.07) is 10.0. The van der Waals surface area contributed by atoms with Gasteiger partial charge in [0, 0.05) is 74.5 Å². The maximum absolute atomic E-state index is 15.0. The van der Waals surface area contributed by atoms with Gasteiger partial charge in [-0.15, -0.1) is 0 Å². The molecule has 0 radical (unpaired) electrons. The summed E-state index contributed by atoms with van der Waals surface area (Å²) in [5, 5.41) is 11.3. The van der Waals surface area contributed by atoms with Crippen molar-refractivity contribution in [3.8, 4) is 0 Å². The predicted molar refractivity (Wildman–Crippen MR) is 157 cm³/mol. The molecular formula is C32H30F7N5O4. The van der Waals surface area contributed by atoms with Crippen molar-refractivity contribution in [2.24, 2.45) is 5.73 Å². The first-order valence-electron chi connectivity index (χ1n) is 15.0. The molecule has 3 aliphatic heterocycles. The van der Waals surface area contributed by atoms with Crippen LogP contribution in [-0.2, 0) is 30.2 Å². The highest BCUT2D eigenvalue weighted by Crippen LogP contribution is 2.47. The van der Waals surface area contributed by atoms with Gasteiger partial charge in [-0.05, 0) is 29.8 Å². The second-order valence-corrected chi connectivity index (χ2v) is 12.0. The zero-order valence-corrected chi connectivity index (χ0v) is 25.2. The van der Waals surface area contributed by atoms with Gasteiger partial charge in [0.1, 0.15) is 23.4 Å². The monoisotopic (exact) mass is 681 g/mol. The summed E-state index contributed by atoms with van der Waals surface area (Å²) in [4.78, 5) is 16.0. The van der Waals surface area contributed by atoms with Crippen LogP contribution >= 0.6 is 0 Å². The van der Waals surface area contributed by atoms with E-state index < -0.39 is 58.2 Å². The van der Waals surface area contributed by atoms with Crippen LogP contribution in [0.15, 0.2) is 82.7 Å². The van der Waals surface area contributed by atoms with Crippen LogP contribution in [0.25, 0.3) is 0 Å². The lowest BCUT2D eigenvalue weighted by Gasteiger charge is -2.44. The van der Waals surface area contributed by atoms with Crippen molar-refractivity contribution in [3.63, 3.8) is 0 Å². The molecule has 1 fully saturated rings. The molecule has 1 aromatic heterocycles. The van der Waals surface area contributed by atoms with E-state index in [9.17, 15) is 40.8 Å². The predicted octanol–water partition coefficient (Wildman–Crippen LogP) is 6.93. The minimum Gasteiger partial charge on any atom is -0.488 e. The summed E-state index contributed by atoms with van der Waals surface area (Å²) in [7, 11) is 0. The van der Waals surface area contributed by atoms with Crippen molar-refractivity contribution in [1.82, 2.24) is 14.7 Å². The smallest absolute Gasteiger partial charge is 0.449 e. The Hall–Kier alpha value is -4.57. The number of hydrogen-bond donors (Lipinski definition) is 1. The molecule has 6 rings (SSSR count). The number of nitrogens with zero attached hydrogens (tertiary/aromatic N) is 4. The maximum atomic E-state index is 15.0. The molecule has 1 saturated heterocycles. The van der Waals surface area contributed by atoms with Crippen LogP contribution in [0, 0.1) is 15.9 Å². The van der Waals surface area contributed by atoms with Gasteiger partial charge < -0.3 is 24.7 Å². The third kappa shape index (κ3) is 6.71. The van der Waals surface area contributed by atoms with Gasteiger partial charge in [-0.3, -0.25) is 15.0 Å². The number of furan rings is 1. The summed E-state index contributed by atoms with van der Waals surface area (Å²) in [5.74, 6) is -1.95. The van der Waals surface area contributed by atoms with E-state index in [0.29, 0.717) is 42.8 Å². The van der Waals surface area contributed by atoms with Crippen LogP contribution in [-0.4, -0.2) is 51.5 Å². The lowest BCUT2D eigenvalue weighted by atomic mass is 9.83. The van der Waals surface area contributed by atoms with Crippen LogP contribution in [0.3, 0.4) is 0 Å². The fourth-order valence-corrected chi connectivity index (χ4v) is 6.42. The van der Waals surface area contributed by atoms with Crippen molar-refractivity contribution < 1.29 is 44.8 Å². The van der Waals surface area contributed by atoms with Crippen LogP contribution in [0.1, 0.15) is 47.1 Å². The molecule has 1 unspecified atom stereocenters. The zero-order chi connectivity index (χ0) is 34.4. The number of likely N-dealkylation sites (tertiary alicyclic amines) is 1. The Kier molecular flexibility index (Phi) is 8.66. The topological polar surface area (TPSA) is 101 Å². The first-order chi connectivity index (χ1) is 22.6. The van der Waals surface area contributed by atoms with Gasteiger partial charge in [0.15, 0.2) is 0 Å². The number of halogens is 7. The van der Waals surface area contributed by atoms with E-state index in [0.717, 1.165) is 24.3 Å². The van der Waals surface area contributed by atoms with E-state index in [4.69, 9.17) is 14.9 Å². The molecule has 1 atom stereocenters. The van der Waals surface area contributed by atoms with Crippen molar-refractivity contribution in [3.05, 3.63) is 122 Å². The van der Waals surface area contributed by atoms with Gasteiger partial charge in [0.25, 0.3) is 5.69 Å². The standard InChI is InChI=1S/C32H30F7N5O4/c33-26-6-2-5-24(31(34,35)36)23(26)15-43-19-42(17-27(40)20-3-1-4-21(13-20)44(45)46)16-25-28(43)18-47-30(25)9-11-41(12-10-30)14-22-7-8-29(48-22)32(37,38)39/h1-8,13,16,18,27H,9-12,14-15,17,19,40H2. The number of piperidine rings is 1. The SMILES string of the molecule is NC(CN1C=C2C(=COC23CCN(Cc2ccc(C(F)(F)F)o2)CC3)N(Cc2c(F)cccc2C(F)(F)F)C1)c1cccc([N+](=O)[O-])c1. The highest BCUT2D eigenvalue weighted by atomic mass is 19.4.